The van der Waals surface area contributed by atoms with E-state index in [1.807, 2.05) is 43.3 Å². The summed E-state index contributed by atoms with van der Waals surface area (Å²) < 4.78 is 0. The molecule has 2 nitrogen and oxygen atoms in total. The van der Waals surface area contributed by atoms with Crippen LogP contribution in [0, 0.1) is 6.92 Å². The normalized spacial score (nSPS) is 10.5. The summed E-state index contributed by atoms with van der Waals surface area (Å²) in [5.74, 6) is -0.784. The highest BCUT2D eigenvalue weighted by molar-refractivity contribution is 5.80. The fourth-order valence-corrected chi connectivity index (χ4v) is 1.90. The van der Waals surface area contributed by atoms with Crippen molar-refractivity contribution in [2.75, 3.05) is 0 Å². The number of fused-ring (bicyclic) bond motifs is 1. The Kier molecular flexibility index (Phi) is 2.42. The molecule has 0 bridgehead atoms. The van der Waals surface area contributed by atoms with Crippen LogP contribution in [0.1, 0.15) is 11.1 Å². The van der Waals surface area contributed by atoms with Crippen molar-refractivity contribution in [2.45, 2.75) is 13.3 Å². The molecule has 0 unspecified atom stereocenters. The highest BCUT2D eigenvalue weighted by Crippen LogP contribution is 2.31. The Morgan fingerprint density at radius 2 is 1.87 bits per heavy atom. The Labute approximate surface area is 88.5 Å². The van der Waals surface area contributed by atoms with Crippen LogP contribution < -0.4 is 0 Å². The van der Waals surface area contributed by atoms with Gasteiger partial charge in [-0.1, -0.05) is 36.4 Å². The summed E-state index contributed by atoms with van der Waals surface area (Å²) >= 11 is 0. The Balaban J connectivity index is 2.56. The molecular weight excluding hydrogens is 188 g/mol. The van der Waals surface area contributed by atoms with Gasteiger partial charge in [-0.05, 0) is 29.2 Å². The van der Waals surface area contributed by atoms with Gasteiger partial charge >= 0.3 is 5.97 Å². The van der Waals surface area contributed by atoms with Crippen molar-refractivity contribution in [3.8, 4) is 11.1 Å². The van der Waals surface area contributed by atoms with E-state index in [4.69, 9.17) is 5.11 Å². The highest BCUT2D eigenvalue weighted by atomic mass is 16.4. The molecular formula is C13H12O2. The predicted molar refractivity (Wildman–Crippen MR) is 59.1 cm³/mol. The summed E-state index contributed by atoms with van der Waals surface area (Å²) in [6.45, 7) is 2.01. The predicted octanol–water partition coefficient (Wildman–Crippen LogP) is 2.73. The number of hydrogen-bond donors (Lipinski definition) is 1. The second kappa shape index (κ2) is 3.73. The SMILES string of the molecule is Cc1cc(CC(=O)O)c2cccccc1-2. The van der Waals surface area contributed by atoms with E-state index in [1.165, 1.54) is 0 Å². The van der Waals surface area contributed by atoms with Gasteiger partial charge in [0.1, 0.15) is 0 Å². The molecule has 15 heavy (non-hydrogen) atoms. The standard InChI is InChI=1S/C13H12O2/c1-9-7-10(8-13(14)15)12-6-4-2-3-5-11(9)12/h2-7H,8H2,1H3,(H,14,15). The molecule has 0 fully saturated rings. The molecule has 2 heteroatoms. The number of carbonyl (C=O) groups is 1. The van der Waals surface area contributed by atoms with Crippen LogP contribution >= 0.6 is 0 Å². The zero-order valence-corrected chi connectivity index (χ0v) is 8.53. The first kappa shape index (κ1) is 9.71. The molecule has 0 spiro atoms. The molecule has 0 radical (unpaired) electrons. The average molecular weight is 200 g/mol. The van der Waals surface area contributed by atoms with Crippen LogP contribution in [0.15, 0.2) is 36.4 Å². The van der Waals surface area contributed by atoms with Gasteiger partial charge in [-0.3, -0.25) is 4.79 Å². The van der Waals surface area contributed by atoms with Crippen molar-refractivity contribution in [3.05, 3.63) is 47.5 Å². The molecule has 0 saturated carbocycles. The van der Waals surface area contributed by atoms with E-state index in [0.717, 1.165) is 22.3 Å². The summed E-state index contributed by atoms with van der Waals surface area (Å²) in [4.78, 5) is 10.7. The van der Waals surface area contributed by atoms with Gasteiger partial charge in [0.2, 0.25) is 0 Å². The number of hydrogen-bond acceptors (Lipinski definition) is 1. The Morgan fingerprint density at radius 3 is 2.53 bits per heavy atom. The lowest BCUT2D eigenvalue weighted by Crippen LogP contribution is -1.99. The van der Waals surface area contributed by atoms with Gasteiger partial charge in [-0.2, -0.15) is 0 Å². The highest BCUT2D eigenvalue weighted by Gasteiger charge is 2.13. The van der Waals surface area contributed by atoms with E-state index in [9.17, 15) is 4.79 Å². The molecule has 0 saturated heterocycles. The minimum absolute atomic E-state index is 0.0916. The van der Waals surface area contributed by atoms with Crippen molar-refractivity contribution in [1.29, 1.82) is 0 Å². The van der Waals surface area contributed by atoms with Crippen molar-refractivity contribution in [3.63, 3.8) is 0 Å². The van der Waals surface area contributed by atoms with E-state index in [-0.39, 0.29) is 6.42 Å². The Hall–Kier alpha value is -1.83. The monoisotopic (exact) mass is 200 g/mol. The fourth-order valence-electron chi connectivity index (χ4n) is 1.90. The first-order valence-electron chi connectivity index (χ1n) is 4.87. The number of aliphatic carboxylic acids is 1. The molecule has 2 rings (SSSR count). The number of aryl methyl sites for hydroxylation is 1. The second-order valence-corrected chi connectivity index (χ2v) is 3.66. The zero-order chi connectivity index (χ0) is 10.8. The van der Waals surface area contributed by atoms with Gasteiger partial charge in [0.25, 0.3) is 0 Å². The minimum atomic E-state index is -0.784. The largest absolute Gasteiger partial charge is 0.481 e. The quantitative estimate of drug-likeness (QED) is 0.809. The molecule has 0 aromatic carbocycles. The number of carboxylic acids is 1. The molecule has 0 aromatic heterocycles. The lowest BCUT2D eigenvalue weighted by molar-refractivity contribution is -0.136. The molecule has 0 amide bonds. The first-order valence-corrected chi connectivity index (χ1v) is 4.87. The van der Waals surface area contributed by atoms with Gasteiger partial charge in [-0.25, -0.2) is 0 Å². The summed E-state index contributed by atoms with van der Waals surface area (Å²) in [6, 6.07) is 11.8. The maximum atomic E-state index is 10.7. The summed E-state index contributed by atoms with van der Waals surface area (Å²) in [5, 5.41) is 8.80. The smallest absolute Gasteiger partial charge is 0.307 e. The number of rotatable bonds is 2. The maximum Gasteiger partial charge on any atom is 0.307 e. The van der Waals surface area contributed by atoms with Gasteiger partial charge < -0.3 is 5.11 Å². The van der Waals surface area contributed by atoms with Crippen LogP contribution in [0.3, 0.4) is 0 Å². The van der Waals surface area contributed by atoms with Crippen LogP contribution in [0.5, 0.6) is 0 Å². The van der Waals surface area contributed by atoms with Crippen molar-refractivity contribution >= 4 is 5.97 Å². The van der Waals surface area contributed by atoms with Crippen LogP contribution in [0.4, 0.5) is 0 Å². The fraction of sp³-hybridized carbons (Fsp3) is 0.154. The lowest BCUT2D eigenvalue weighted by Gasteiger charge is -1.97. The molecule has 0 aliphatic heterocycles. The summed E-state index contributed by atoms with van der Waals surface area (Å²) in [5.41, 5.74) is 4.21. The second-order valence-electron chi connectivity index (χ2n) is 3.66. The zero-order valence-electron chi connectivity index (χ0n) is 8.53. The lowest BCUT2D eigenvalue weighted by atomic mass is 10.1. The molecule has 1 N–H and O–H groups in total. The Morgan fingerprint density at radius 1 is 1.20 bits per heavy atom. The third-order valence-corrected chi connectivity index (χ3v) is 2.54. The maximum absolute atomic E-state index is 10.7. The third kappa shape index (κ3) is 1.84. The van der Waals surface area contributed by atoms with Crippen LogP contribution in [0.2, 0.25) is 0 Å². The Bertz CT molecular complexity index is 474. The van der Waals surface area contributed by atoms with E-state index >= 15 is 0 Å². The third-order valence-electron chi connectivity index (χ3n) is 2.54. The average Bonchev–Trinajstić information content (AvgIpc) is 2.40. The summed E-state index contributed by atoms with van der Waals surface area (Å²) in [6.07, 6.45) is 0.0916. The van der Waals surface area contributed by atoms with Gasteiger partial charge in [0.15, 0.2) is 0 Å². The molecule has 2 aliphatic carbocycles. The van der Waals surface area contributed by atoms with Gasteiger partial charge in [0, 0.05) is 0 Å². The van der Waals surface area contributed by atoms with Crippen LogP contribution in [-0.2, 0) is 11.2 Å². The van der Waals surface area contributed by atoms with Crippen LogP contribution in [-0.4, -0.2) is 11.1 Å². The van der Waals surface area contributed by atoms with Crippen molar-refractivity contribution in [2.24, 2.45) is 0 Å². The topological polar surface area (TPSA) is 37.3 Å². The number of carboxylic acid groups (broad SMARTS) is 1. The van der Waals surface area contributed by atoms with Gasteiger partial charge in [0.05, 0.1) is 6.42 Å². The first-order chi connectivity index (χ1) is 7.18. The molecule has 2 aliphatic rings. The molecule has 0 aromatic rings. The summed E-state index contributed by atoms with van der Waals surface area (Å²) in [7, 11) is 0. The minimum Gasteiger partial charge on any atom is -0.481 e. The van der Waals surface area contributed by atoms with E-state index in [2.05, 4.69) is 0 Å². The van der Waals surface area contributed by atoms with Crippen molar-refractivity contribution < 1.29 is 9.90 Å². The van der Waals surface area contributed by atoms with Gasteiger partial charge in [-0.15, -0.1) is 0 Å². The van der Waals surface area contributed by atoms with E-state index in [1.54, 1.807) is 0 Å². The molecule has 0 heterocycles. The molecule has 0 atom stereocenters. The van der Waals surface area contributed by atoms with Crippen molar-refractivity contribution in [1.82, 2.24) is 0 Å². The van der Waals surface area contributed by atoms with Crippen LogP contribution in [0.25, 0.3) is 11.1 Å². The van der Waals surface area contributed by atoms with E-state index in [0.29, 0.717) is 0 Å². The van der Waals surface area contributed by atoms with E-state index < -0.39 is 5.97 Å². The molecule has 76 valence electrons.